The Bertz CT molecular complexity index is 1010. The van der Waals surface area contributed by atoms with E-state index in [1.165, 1.54) is 24.3 Å². The van der Waals surface area contributed by atoms with Gasteiger partial charge in [-0.3, -0.25) is 25.0 Å². The summed E-state index contributed by atoms with van der Waals surface area (Å²) in [6.45, 7) is 2.28. The van der Waals surface area contributed by atoms with Gasteiger partial charge in [-0.25, -0.2) is 9.69 Å². The van der Waals surface area contributed by atoms with Crippen LogP contribution in [0.15, 0.2) is 54.1 Å². The van der Waals surface area contributed by atoms with Crippen LogP contribution in [-0.4, -0.2) is 29.4 Å². The summed E-state index contributed by atoms with van der Waals surface area (Å²) in [7, 11) is 0. The first-order valence-electron chi connectivity index (χ1n) is 8.29. The second kappa shape index (κ2) is 7.70. The van der Waals surface area contributed by atoms with Crippen molar-refractivity contribution in [3.05, 3.63) is 69.8 Å². The van der Waals surface area contributed by atoms with Crippen LogP contribution in [0, 0.1) is 10.1 Å². The van der Waals surface area contributed by atoms with Gasteiger partial charge in [0.25, 0.3) is 17.5 Å². The molecule has 1 aliphatic rings. The molecule has 0 saturated carbocycles. The topological polar surface area (TPSA) is 119 Å². The molecule has 0 unspecified atom stereocenters. The molecule has 4 amide bonds. The summed E-state index contributed by atoms with van der Waals surface area (Å²) in [4.78, 5) is 48.2. The highest BCUT2D eigenvalue weighted by atomic mass is 16.6. The Morgan fingerprint density at radius 2 is 1.89 bits per heavy atom. The molecule has 1 saturated heterocycles. The number of barbiturate groups is 1. The largest absolute Gasteiger partial charge is 0.494 e. The number of hydrogen-bond acceptors (Lipinski definition) is 6. The summed E-state index contributed by atoms with van der Waals surface area (Å²) in [5.41, 5.74) is -0.0549. The zero-order valence-electron chi connectivity index (χ0n) is 14.7. The van der Waals surface area contributed by atoms with Crippen LogP contribution in [-0.2, 0) is 9.59 Å². The normalized spacial score (nSPS) is 15.5. The first-order chi connectivity index (χ1) is 13.4. The molecule has 142 valence electrons. The Morgan fingerprint density at radius 3 is 2.61 bits per heavy atom. The highest BCUT2D eigenvalue weighted by molar-refractivity contribution is 6.39. The third-order valence-corrected chi connectivity index (χ3v) is 3.88. The molecule has 0 radical (unpaired) electrons. The average molecular weight is 381 g/mol. The lowest BCUT2D eigenvalue weighted by Crippen LogP contribution is -2.54. The number of nitro groups is 1. The van der Waals surface area contributed by atoms with Crippen LogP contribution in [0.4, 0.5) is 16.2 Å². The van der Waals surface area contributed by atoms with Gasteiger partial charge in [0.15, 0.2) is 0 Å². The molecule has 0 aliphatic carbocycles. The molecule has 1 fully saturated rings. The second-order valence-electron chi connectivity index (χ2n) is 5.74. The molecule has 2 aromatic rings. The maximum Gasteiger partial charge on any atom is 0.335 e. The van der Waals surface area contributed by atoms with Crippen LogP contribution in [0.2, 0.25) is 0 Å². The number of nitro benzene ring substituents is 1. The number of amides is 4. The third-order valence-electron chi connectivity index (χ3n) is 3.88. The summed E-state index contributed by atoms with van der Waals surface area (Å²) < 4.78 is 5.39. The number of carbonyl (C=O) groups excluding carboxylic acids is 3. The number of non-ortho nitro benzene ring substituents is 1. The lowest BCUT2D eigenvalue weighted by Gasteiger charge is -2.26. The molecule has 0 bridgehead atoms. The van der Waals surface area contributed by atoms with Gasteiger partial charge in [-0.15, -0.1) is 0 Å². The maximum absolute atomic E-state index is 12.8. The van der Waals surface area contributed by atoms with Gasteiger partial charge in [-0.2, -0.15) is 0 Å². The molecule has 0 atom stereocenters. The van der Waals surface area contributed by atoms with Crippen LogP contribution < -0.4 is 15.0 Å². The Hall–Kier alpha value is -4.01. The fourth-order valence-corrected chi connectivity index (χ4v) is 2.67. The van der Waals surface area contributed by atoms with Crippen molar-refractivity contribution in [3.8, 4) is 5.75 Å². The van der Waals surface area contributed by atoms with Crippen molar-refractivity contribution >= 4 is 35.3 Å². The molecular weight excluding hydrogens is 366 g/mol. The van der Waals surface area contributed by atoms with E-state index in [-0.39, 0.29) is 16.9 Å². The first-order valence-corrected chi connectivity index (χ1v) is 8.29. The van der Waals surface area contributed by atoms with E-state index in [1.807, 2.05) is 6.92 Å². The van der Waals surface area contributed by atoms with Gasteiger partial charge >= 0.3 is 6.03 Å². The Kier molecular flexibility index (Phi) is 5.16. The van der Waals surface area contributed by atoms with E-state index < -0.39 is 22.8 Å². The molecule has 1 heterocycles. The van der Waals surface area contributed by atoms with Gasteiger partial charge in [0.05, 0.1) is 17.2 Å². The number of benzene rings is 2. The van der Waals surface area contributed by atoms with Crippen molar-refractivity contribution < 1.29 is 24.0 Å². The van der Waals surface area contributed by atoms with E-state index in [4.69, 9.17) is 4.74 Å². The minimum Gasteiger partial charge on any atom is -0.494 e. The quantitative estimate of drug-likeness (QED) is 0.368. The standard InChI is InChI=1S/C19H15N3O6/c1-2-28-15-8-3-5-12(9-15)10-16-17(23)20-19(25)21(18(16)24)13-6-4-7-14(11-13)22(26)27/h3-11H,2H2,1H3,(H,20,23,25). The average Bonchev–Trinajstić information content (AvgIpc) is 2.66. The van der Waals surface area contributed by atoms with E-state index in [9.17, 15) is 24.5 Å². The highest BCUT2D eigenvalue weighted by Crippen LogP contribution is 2.26. The fraction of sp³-hybridized carbons (Fsp3) is 0.105. The summed E-state index contributed by atoms with van der Waals surface area (Å²) in [6, 6.07) is 10.8. The van der Waals surface area contributed by atoms with Crippen LogP contribution in [0.25, 0.3) is 6.08 Å². The number of anilines is 1. The number of carbonyl (C=O) groups is 3. The van der Waals surface area contributed by atoms with Gasteiger partial charge in [-0.1, -0.05) is 18.2 Å². The minimum atomic E-state index is -0.976. The number of ether oxygens (including phenoxy) is 1. The fourth-order valence-electron chi connectivity index (χ4n) is 2.67. The van der Waals surface area contributed by atoms with Crippen molar-refractivity contribution in [1.29, 1.82) is 0 Å². The van der Waals surface area contributed by atoms with Gasteiger partial charge in [-0.05, 0) is 36.8 Å². The molecule has 9 nitrogen and oxygen atoms in total. The number of imide groups is 2. The number of urea groups is 1. The third kappa shape index (κ3) is 3.73. The van der Waals surface area contributed by atoms with Gasteiger partial charge in [0.2, 0.25) is 0 Å². The number of hydrogen-bond donors (Lipinski definition) is 1. The van der Waals surface area contributed by atoms with Gasteiger partial charge in [0.1, 0.15) is 11.3 Å². The van der Waals surface area contributed by atoms with E-state index in [0.29, 0.717) is 22.8 Å². The second-order valence-corrected chi connectivity index (χ2v) is 5.74. The van der Waals surface area contributed by atoms with E-state index in [1.54, 1.807) is 24.3 Å². The molecule has 0 spiro atoms. The predicted octanol–water partition coefficient (Wildman–Crippen LogP) is 2.66. The van der Waals surface area contributed by atoms with Crippen molar-refractivity contribution in [2.75, 3.05) is 11.5 Å². The SMILES string of the molecule is CCOc1cccc(C=C2C(=O)NC(=O)N(c3cccc([N+](=O)[O-])c3)C2=O)c1. The van der Waals surface area contributed by atoms with Gasteiger partial charge < -0.3 is 4.74 Å². The summed E-state index contributed by atoms with van der Waals surface area (Å²) in [6.07, 6.45) is 1.33. The highest BCUT2D eigenvalue weighted by Gasteiger charge is 2.37. The number of nitrogens with one attached hydrogen (secondary N) is 1. The van der Waals surface area contributed by atoms with E-state index in [0.717, 1.165) is 6.07 Å². The smallest absolute Gasteiger partial charge is 0.335 e. The Labute approximate surface area is 159 Å². The van der Waals surface area contributed by atoms with Crippen molar-refractivity contribution in [2.24, 2.45) is 0 Å². The van der Waals surface area contributed by atoms with Crippen molar-refractivity contribution in [3.63, 3.8) is 0 Å². The zero-order valence-corrected chi connectivity index (χ0v) is 14.7. The lowest BCUT2D eigenvalue weighted by molar-refractivity contribution is -0.384. The minimum absolute atomic E-state index is 0.0156. The molecule has 28 heavy (non-hydrogen) atoms. The summed E-state index contributed by atoms with van der Waals surface area (Å²) in [5.74, 6) is -1.17. The maximum atomic E-state index is 12.8. The lowest BCUT2D eigenvalue weighted by atomic mass is 10.1. The molecule has 0 aromatic heterocycles. The summed E-state index contributed by atoms with van der Waals surface area (Å²) >= 11 is 0. The molecule has 9 heteroatoms. The van der Waals surface area contributed by atoms with Crippen LogP contribution in [0.1, 0.15) is 12.5 Å². The molecule has 3 rings (SSSR count). The van der Waals surface area contributed by atoms with Crippen molar-refractivity contribution in [1.82, 2.24) is 5.32 Å². The van der Waals surface area contributed by atoms with Crippen LogP contribution >= 0.6 is 0 Å². The Balaban J connectivity index is 2.00. The molecule has 2 aromatic carbocycles. The molecule has 1 N–H and O–H groups in total. The molecular formula is C19H15N3O6. The first kappa shape index (κ1) is 18.8. The van der Waals surface area contributed by atoms with Crippen molar-refractivity contribution in [2.45, 2.75) is 6.92 Å². The monoisotopic (exact) mass is 381 g/mol. The summed E-state index contributed by atoms with van der Waals surface area (Å²) in [5, 5.41) is 13.0. The Morgan fingerprint density at radius 1 is 1.14 bits per heavy atom. The number of nitrogens with zero attached hydrogens (tertiary/aromatic N) is 2. The zero-order chi connectivity index (χ0) is 20.3. The van der Waals surface area contributed by atoms with Crippen LogP contribution in [0.5, 0.6) is 5.75 Å². The van der Waals surface area contributed by atoms with E-state index in [2.05, 4.69) is 5.32 Å². The van der Waals surface area contributed by atoms with Crippen LogP contribution in [0.3, 0.4) is 0 Å². The predicted molar refractivity (Wildman–Crippen MR) is 99.7 cm³/mol. The van der Waals surface area contributed by atoms with E-state index >= 15 is 0 Å². The molecule has 1 aliphatic heterocycles. The number of rotatable bonds is 5. The van der Waals surface area contributed by atoms with Gasteiger partial charge in [0, 0.05) is 12.1 Å².